The van der Waals surface area contributed by atoms with Gasteiger partial charge in [-0.05, 0) is 36.4 Å². The summed E-state index contributed by atoms with van der Waals surface area (Å²) in [5, 5.41) is 10.5. The third-order valence-electron chi connectivity index (χ3n) is 3.98. The fraction of sp³-hybridized carbons (Fsp3) is 0.0500. The van der Waals surface area contributed by atoms with Crippen LogP contribution in [-0.4, -0.2) is 21.1 Å². The largest absolute Gasteiger partial charge is 0.439 e. The molecule has 1 amide bonds. The number of carbonyl (C=O) groups is 1. The van der Waals surface area contributed by atoms with Crippen LogP contribution in [0.3, 0.4) is 0 Å². The quantitative estimate of drug-likeness (QED) is 0.566. The Bertz CT molecular complexity index is 1100. The van der Waals surface area contributed by atoms with E-state index in [1.807, 2.05) is 6.07 Å². The van der Waals surface area contributed by atoms with Crippen molar-refractivity contribution >= 4 is 16.8 Å². The Balaban J connectivity index is 1.45. The molecule has 0 radical (unpaired) electrons. The molecular weight excluding hydrogens is 347 g/mol. The standard InChI is InChI=1S/C20H15FN4O2/c21-14-7-8-16-17(11-14)24-25-18(16)12-23-20(26)13-4-3-5-15(10-13)27-19-6-1-2-9-22-19/h1-11H,12H2,(H,23,26)(H,24,25). The van der Waals surface area contributed by atoms with Crippen molar-refractivity contribution in [1.29, 1.82) is 0 Å². The molecule has 0 bridgehead atoms. The lowest BCUT2D eigenvalue weighted by Crippen LogP contribution is -2.23. The first-order chi connectivity index (χ1) is 13.2. The summed E-state index contributed by atoms with van der Waals surface area (Å²) in [5.74, 6) is 0.357. The number of aromatic nitrogens is 3. The number of amides is 1. The van der Waals surface area contributed by atoms with Crippen molar-refractivity contribution in [2.75, 3.05) is 0 Å². The van der Waals surface area contributed by atoms with Gasteiger partial charge in [0.2, 0.25) is 5.88 Å². The van der Waals surface area contributed by atoms with E-state index in [4.69, 9.17) is 4.74 Å². The monoisotopic (exact) mass is 362 g/mol. The summed E-state index contributed by atoms with van der Waals surface area (Å²) in [4.78, 5) is 16.6. The number of hydrogen-bond donors (Lipinski definition) is 2. The van der Waals surface area contributed by atoms with Crippen LogP contribution in [0.2, 0.25) is 0 Å². The minimum atomic E-state index is -0.352. The Labute approximate surface area is 154 Å². The maximum atomic E-state index is 13.2. The molecule has 0 saturated heterocycles. The van der Waals surface area contributed by atoms with Crippen molar-refractivity contribution in [1.82, 2.24) is 20.5 Å². The first kappa shape index (κ1) is 16.7. The smallest absolute Gasteiger partial charge is 0.251 e. The average molecular weight is 362 g/mol. The van der Waals surface area contributed by atoms with Gasteiger partial charge in [0.15, 0.2) is 0 Å². The number of ether oxygens (including phenoxy) is 1. The van der Waals surface area contributed by atoms with Crippen LogP contribution in [-0.2, 0) is 6.54 Å². The second-order valence-electron chi connectivity index (χ2n) is 5.84. The minimum absolute atomic E-state index is 0.242. The number of rotatable bonds is 5. The molecule has 0 spiro atoms. The van der Waals surface area contributed by atoms with E-state index in [-0.39, 0.29) is 18.3 Å². The number of hydrogen-bond acceptors (Lipinski definition) is 4. The molecule has 134 valence electrons. The van der Waals surface area contributed by atoms with Gasteiger partial charge in [-0.1, -0.05) is 12.1 Å². The Kier molecular flexibility index (Phi) is 4.49. The highest BCUT2D eigenvalue weighted by Crippen LogP contribution is 2.20. The second kappa shape index (κ2) is 7.25. The van der Waals surface area contributed by atoms with Crippen LogP contribution in [0.5, 0.6) is 11.6 Å². The van der Waals surface area contributed by atoms with Gasteiger partial charge in [-0.3, -0.25) is 9.89 Å². The van der Waals surface area contributed by atoms with Gasteiger partial charge in [0.25, 0.3) is 5.91 Å². The number of nitrogens with zero attached hydrogens (tertiary/aromatic N) is 2. The number of nitrogens with one attached hydrogen (secondary N) is 2. The van der Waals surface area contributed by atoms with E-state index in [2.05, 4.69) is 20.5 Å². The SMILES string of the molecule is O=C(NCc1[nH]nc2cc(F)ccc12)c1cccc(Oc2ccccn2)c1. The van der Waals surface area contributed by atoms with Gasteiger partial charge >= 0.3 is 0 Å². The molecule has 0 saturated carbocycles. The number of aromatic amines is 1. The van der Waals surface area contributed by atoms with Crippen molar-refractivity contribution in [3.63, 3.8) is 0 Å². The molecule has 0 fully saturated rings. The average Bonchev–Trinajstić information content (AvgIpc) is 3.09. The van der Waals surface area contributed by atoms with E-state index in [9.17, 15) is 9.18 Å². The predicted octanol–water partition coefficient (Wildman–Crippen LogP) is 3.82. The van der Waals surface area contributed by atoms with E-state index in [0.29, 0.717) is 28.4 Å². The molecule has 0 aliphatic rings. The van der Waals surface area contributed by atoms with Gasteiger partial charge in [-0.25, -0.2) is 9.37 Å². The first-order valence-electron chi connectivity index (χ1n) is 8.29. The van der Waals surface area contributed by atoms with Crippen LogP contribution in [0.15, 0.2) is 66.9 Å². The second-order valence-corrected chi connectivity index (χ2v) is 5.84. The molecule has 7 heteroatoms. The Hall–Kier alpha value is -3.74. The fourth-order valence-electron chi connectivity index (χ4n) is 2.67. The molecule has 4 aromatic rings. The van der Waals surface area contributed by atoms with Gasteiger partial charge in [0.1, 0.15) is 11.6 Å². The molecular formula is C20H15FN4O2. The predicted molar refractivity (Wildman–Crippen MR) is 98.0 cm³/mol. The van der Waals surface area contributed by atoms with Crippen LogP contribution < -0.4 is 10.1 Å². The van der Waals surface area contributed by atoms with Gasteiger partial charge in [-0.15, -0.1) is 0 Å². The van der Waals surface area contributed by atoms with Crippen molar-refractivity contribution in [2.45, 2.75) is 6.54 Å². The minimum Gasteiger partial charge on any atom is -0.439 e. The number of H-pyrrole nitrogens is 1. The molecule has 0 atom stereocenters. The summed E-state index contributed by atoms with van der Waals surface area (Å²) >= 11 is 0. The first-order valence-corrected chi connectivity index (χ1v) is 8.29. The van der Waals surface area contributed by atoms with Crippen molar-refractivity contribution in [3.05, 3.63) is 83.9 Å². The Morgan fingerprint density at radius 2 is 2.04 bits per heavy atom. The number of benzene rings is 2. The van der Waals surface area contributed by atoms with Gasteiger partial charge < -0.3 is 10.1 Å². The van der Waals surface area contributed by atoms with Crippen LogP contribution in [0.1, 0.15) is 16.1 Å². The molecule has 2 aromatic heterocycles. The number of fused-ring (bicyclic) bond motifs is 1. The fourth-order valence-corrected chi connectivity index (χ4v) is 2.67. The Morgan fingerprint density at radius 1 is 1.11 bits per heavy atom. The summed E-state index contributed by atoms with van der Waals surface area (Å²) in [5.41, 5.74) is 1.68. The lowest BCUT2D eigenvalue weighted by molar-refractivity contribution is 0.0950. The summed E-state index contributed by atoms with van der Waals surface area (Å²) in [7, 11) is 0. The molecule has 2 heterocycles. The van der Waals surface area contributed by atoms with E-state index in [0.717, 1.165) is 5.39 Å². The highest BCUT2D eigenvalue weighted by Gasteiger charge is 2.10. The topological polar surface area (TPSA) is 79.9 Å². The molecule has 6 nitrogen and oxygen atoms in total. The molecule has 0 unspecified atom stereocenters. The van der Waals surface area contributed by atoms with Crippen LogP contribution in [0.25, 0.3) is 10.9 Å². The van der Waals surface area contributed by atoms with Crippen molar-refractivity contribution in [2.24, 2.45) is 0 Å². The number of carbonyl (C=O) groups excluding carboxylic acids is 1. The van der Waals surface area contributed by atoms with E-state index < -0.39 is 0 Å². The van der Waals surface area contributed by atoms with E-state index in [1.165, 1.54) is 12.1 Å². The number of pyridine rings is 1. The summed E-state index contributed by atoms with van der Waals surface area (Å²) in [6, 6.07) is 16.5. The molecule has 0 aliphatic carbocycles. The zero-order valence-electron chi connectivity index (χ0n) is 14.1. The van der Waals surface area contributed by atoms with Crippen LogP contribution in [0.4, 0.5) is 4.39 Å². The van der Waals surface area contributed by atoms with Crippen LogP contribution in [0, 0.1) is 5.82 Å². The summed E-state index contributed by atoms with van der Waals surface area (Å²) in [6.07, 6.45) is 1.63. The Morgan fingerprint density at radius 3 is 2.89 bits per heavy atom. The van der Waals surface area contributed by atoms with Gasteiger partial charge in [0, 0.05) is 29.3 Å². The molecule has 2 aromatic carbocycles. The van der Waals surface area contributed by atoms with Crippen molar-refractivity contribution < 1.29 is 13.9 Å². The number of halogens is 1. The normalized spacial score (nSPS) is 10.7. The molecule has 2 N–H and O–H groups in total. The summed E-state index contributed by atoms with van der Waals surface area (Å²) in [6.45, 7) is 0.242. The van der Waals surface area contributed by atoms with Crippen LogP contribution >= 0.6 is 0 Å². The van der Waals surface area contributed by atoms with Crippen molar-refractivity contribution in [3.8, 4) is 11.6 Å². The van der Waals surface area contributed by atoms with E-state index in [1.54, 1.807) is 48.7 Å². The van der Waals surface area contributed by atoms with E-state index >= 15 is 0 Å². The highest BCUT2D eigenvalue weighted by molar-refractivity contribution is 5.94. The third kappa shape index (κ3) is 3.77. The zero-order valence-corrected chi connectivity index (χ0v) is 14.1. The van der Waals surface area contributed by atoms with Gasteiger partial charge in [-0.2, -0.15) is 5.10 Å². The molecule has 0 aliphatic heterocycles. The molecule has 4 rings (SSSR count). The zero-order chi connectivity index (χ0) is 18.6. The summed E-state index contributed by atoms with van der Waals surface area (Å²) < 4.78 is 18.9. The van der Waals surface area contributed by atoms with Gasteiger partial charge in [0.05, 0.1) is 17.8 Å². The molecule has 27 heavy (non-hydrogen) atoms. The third-order valence-corrected chi connectivity index (χ3v) is 3.98. The highest BCUT2D eigenvalue weighted by atomic mass is 19.1. The lowest BCUT2D eigenvalue weighted by Gasteiger charge is -2.07. The lowest BCUT2D eigenvalue weighted by atomic mass is 10.2. The maximum Gasteiger partial charge on any atom is 0.251 e. The maximum absolute atomic E-state index is 13.2.